The first-order valence-electron chi connectivity index (χ1n) is 7.53. The van der Waals surface area contributed by atoms with Gasteiger partial charge in [-0.2, -0.15) is 5.10 Å². The molecule has 0 aliphatic heterocycles. The number of aromatic amines is 1. The maximum Gasteiger partial charge on any atom is 0.139 e. The Morgan fingerprint density at radius 1 is 0.958 bits per heavy atom. The molecule has 6 nitrogen and oxygen atoms in total. The standard InChI is InChI=1S/C18H15N5O/c1-11-4-3-5-16(21-11)18-13(10-20-23-18)14-6-7-15-17(22-14)8-12(24-2)9-19-15/h3-10H,1-2H3,(H,20,23). The first kappa shape index (κ1) is 14.3. The zero-order valence-corrected chi connectivity index (χ0v) is 13.3. The van der Waals surface area contributed by atoms with Crippen LogP contribution in [0.1, 0.15) is 5.69 Å². The summed E-state index contributed by atoms with van der Waals surface area (Å²) in [6.45, 7) is 1.96. The third kappa shape index (κ3) is 2.48. The molecular formula is C18H15N5O. The number of nitrogens with one attached hydrogen (secondary N) is 1. The lowest BCUT2D eigenvalue weighted by Crippen LogP contribution is -1.92. The van der Waals surface area contributed by atoms with Crippen molar-refractivity contribution in [1.82, 2.24) is 25.1 Å². The van der Waals surface area contributed by atoms with Crippen LogP contribution in [0.25, 0.3) is 33.7 Å². The second-order valence-electron chi connectivity index (χ2n) is 5.43. The molecule has 4 aromatic rings. The first-order chi connectivity index (χ1) is 11.7. The third-order valence-corrected chi connectivity index (χ3v) is 3.81. The van der Waals surface area contributed by atoms with Gasteiger partial charge in [0.05, 0.1) is 47.6 Å². The van der Waals surface area contributed by atoms with Crippen LogP contribution in [0.5, 0.6) is 5.75 Å². The number of aryl methyl sites for hydroxylation is 1. The molecule has 0 spiro atoms. The van der Waals surface area contributed by atoms with Crippen molar-refractivity contribution in [2.75, 3.05) is 7.11 Å². The van der Waals surface area contributed by atoms with Gasteiger partial charge in [0.15, 0.2) is 0 Å². The lowest BCUT2D eigenvalue weighted by atomic mass is 10.1. The molecule has 0 fully saturated rings. The summed E-state index contributed by atoms with van der Waals surface area (Å²) in [5.74, 6) is 0.680. The van der Waals surface area contributed by atoms with Crippen molar-refractivity contribution in [3.8, 4) is 28.4 Å². The molecule has 118 valence electrons. The Hall–Kier alpha value is -3.28. The maximum absolute atomic E-state index is 5.23. The van der Waals surface area contributed by atoms with Gasteiger partial charge in [-0.3, -0.25) is 15.1 Å². The fourth-order valence-corrected chi connectivity index (χ4v) is 2.61. The van der Waals surface area contributed by atoms with Crippen molar-refractivity contribution in [2.45, 2.75) is 6.92 Å². The van der Waals surface area contributed by atoms with Gasteiger partial charge in [0.2, 0.25) is 0 Å². The molecule has 24 heavy (non-hydrogen) atoms. The highest BCUT2D eigenvalue weighted by molar-refractivity contribution is 5.82. The van der Waals surface area contributed by atoms with E-state index in [1.54, 1.807) is 19.5 Å². The zero-order chi connectivity index (χ0) is 16.5. The van der Waals surface area contributed by atoms with Crippen molar-refractivity contribution in [3.63, 3.8) is 0 Å². The fraction of sp³-hybridized carbons (Fsp3) is 0.111. The number of aromatic nitrogens is 5. The van der Waals surface area contributed by atoms with Gasteiger partial charge in [-0.15, -0.1) is 0 Å². The first-order valence-corrected chi connectivity index (χ1v) is 7.53. The van der Waals surface area contributed by atoms with Gasteiger partial charge in [-0.25, -0.2) is 4.98 Å². The number of rotatable bonds is 3. The molecule has 4 heterocycles. The van der Waals surface area contributed by atoms with Crippen LogP contribution in [0.4, 0.5) is 0 Å². The van der Waals surface area contributed by atoms with Crippen LogP contribution >= 0.6 is 0 Å². The summed E-state index contributed by atoms with van der Waals surface area (Å²) in [6, 6.07) is 11.6. The molecule has 4 aromatic heterocycles. The van der Waals surface area contributed by atoms with Crippen molar-refractivity contribution in [3.05, 3.63) is 54.5 Å². The Kier molecular flexibility index (Phi) is 3.42. The Bertz CT molecular complexity index is 1020. The van der Waals surface area contributed by atoms with Gasteiger partial charge in [0, 0.05) is 17.3 Å². The van der Waals surface area contributed by atoms with E-state index in [1.807, 2.05) is 43.3 Å². The smallest absolute Gasteiger partial charge is 0.139 e. The molecular weight excluding hydrogens is 302 g/mol. The average Bonchev–Trinajstić information content (AvgIpc) is 3.10. The normalized spacial score (nSPS) is 10.9. The maximum atomic E-state index is 5.23. The van der Waals surface area contributed by atoms with Crippen LogP contribution in [-0.4, -0.2) is 32.3 Å². The van der Waals surface area contributed by atoms with E-state index in [2.05, 4.69) is 20.2 Å². The molecule has 0 atom stereocenters. The van der Waals surface area contributed by atoms with Gasteiger partial charge < -0.3 is 4.74 Å². The second kappa shape index (κ2) is 5.73. The lowest BCUT2D eigenvalue weighted by Gasteiger charge is -2.06. The molecule has 0 amide bonds. The van der Waals surface area contributed by atoms with Crippen LogP contribution in [0, 0.1) is 6.92 Å². The van der Waals surface area contributed by atoms with Crippen molar-refractivity contribution in [2.24, 2.45) is 0 Å². The monoisotopic (exact) mass is 317 g/mol. The second-order valence-corrected chi connectivity index (χ2v) is 5.43. The van der Waals surface area contributed by atoms with E-state index in [-0.39, 0.29) is 0 Å². The lowest BCUT2D eigenvalue weighted by molar-refractivity contribution is 0.413. The number of methoxy groups -OCH3 is 1. The number of ether oxygens (including phenoxy) is 1. The number of pyridine rings is 3. The van der Waals surface area contributed by atoms with E-state index in [0.717, 1.165) is 39.4 Å². The van der Waals surface area contributed by atoms with Crippen LogP contribution < -0.4 is 4.74 Å². The van der Waals surface area contributed by atoms with E-state index >= 15 is 0 Å². The molecule has 0 aromatic carbocycles. The quantitative estimate of drug-likeness (QED) is 0.626. The Morgan fingerprint density at radius 2 is 1.88 bits per heavy atom. The minimum atomic E-state index is 0.680. The van der Waals surface area contributed by atoms with Crippen LogP contribution in [0.2, 0.25) is 0 Å². The summed E-state index contributed by atoms with van der Waals surface area (Å²) in [7, 11) is 1.62. The number of nitrogens with zero attached hydrogens (tertiary/aromatic N) is 4. The largest absolute Gasteiger partial charge is 0.495 e. The summed E-state index contributed by atoms with van der Waals surface area (Å²) in [5, 5.41) is 7.20. The minimum Gasteiger partial charge on any atom is -0.495 e. The third-order valence-electron chi connectivity index (χ3n) is 3.81. The van der Waals surface area contributed by atoms with Gasteiger partial charge in [0.1, 0.15) is 5.75 Å². The summed E-state index contributed by atoms with van der Waals surface area (Å²) in [4.78, 5) is 13.6. The summed E-state index contributed by atoms with van der Waals surface area (Å²) in [5.41, 5.74) is 5.94. The minimum absolute atomic E-state index is 0.680. The van der Waals surface area contributed by atoms with Crippen LogP contribution in [0.15, 0.2) is 48.8 Å². The summed E-state index contributed by atoms with van der Waals surface area (Å²) >= 11 is 0. The summed E-state index contributed by atoms with van der Waals surface area (Å²) in [6.07, 6.45) is 3.45. The van der Waals surface area contributed by atoms with Gasteiger partial charge in [-0.05, 0) is 31.2 Å². The van der Waals surface area contributed by atoms with E-state index < -0.39 is 0 Å². The Balaban J connectivity index is 1.85. The van der Waals surface area contributed by atoms with E-state index in [9.17, 15) is 0 Å². The molecule has 0 aliphatic rings. The highest BCUT2D eigenvalue weighted by Gasteiger charge is 2.13. The summed E-state index contributed by atoms with van der Waals surface area (Å²) < 4.78 is 5.23. The zero-order valence-electron chi connectivity index (χ0n) is 13.3. The number of H-pyrrole nitrogens is 1. The van der Waals surface area contributed by atoms with Gasteiger partial charge >= 0.3 is 0 Å². The highest BCUT2D eigenvalue weighted by Crippen LogP contribution is 2.29. The SMILES string of the molecule is COc1cnc2ccc(-c3cn[nH]c3-c3cccc(C)n3)nc2c1. The molecule has 0 bridgehead atoms. The molecule has 6 heteroatoms. The predicted molar refractivity (Wildman–Crippen MR) is 91.6 cm³/mol. The molecule has 0 saturated carbocycles. The van der Waals surface area contributed by atoms with Crippen LogP contribution in [-0.2, 0) is 0 Å². The van der Waals surface area contributed by atoms with E-state index in [0.29, 0.717) is 5.75 Å². The Labute approximate surface area is 138 Å². The molecule has 0 aliphatic carbocycles. The van der Waals surface area contributed by atoms with E-state index in [4.69, 9.17) is 9.72 Å². The van der Waals surface area contributed by atoms with Gasteiger partial charge in [0.25, 0.3) is 0 Å². The van der Waals surface area contributed by atoms with Crippen molar-refractivity contribution < 1.29 is 4.74 Å². The number of hydrogen-bond acceptors (Lipinski definition) is 5. The highest BCUT2D eigenvalue weighted by atomic mass is 16.5. The molecule has 1 N–H and O–H groups in total. The number of fused-ring (bicyclic) bond motifs is 1. The number of hydrogen-bond donors (Lipinski definition) is 1. The Morgan fingerprint density at radius 3 is 2.71 bits per heavy atom. The van der Waals surface area contributed by atoms with Crippen LogP contribution in [0.3, 0.4) is 0 Å². The molecule has 0 saturated heterocycles. The van der Waals surface area contributed by atoms with Crippen molar-refractivity contribution >= 4 is 11.0 Å². The molecule has 0 radical (unpaired) electrons. The predicted octanol–water partition coefficient (Wildman–Crippen LogP) is 3.40. The molecule has 0 unspecified atom stereocenters. The fourth-order valence-electron chi connectivity index (χ4n) is 2.61. The van der Waals surface area contributed by atoms with Gasteiger partial charge in [-0.1, -0.05) is 6.07 Å². The van der Waals surface area contributed by atoms with E-state index in [1.165, 1.54) is 0 Å². The van der Waals surface area contributed by atoms with Crippen molar-refractivity contribution in [1.29, 1.82) is 0 Å². The molecule has 4 rings (SSSR count). The average molecular weight is 317 g/mol. The topological polar surface area (TPSA) is 76.6 Å².